The van der Waals surface area contributed by atoms with Crippen LogP contribution in [0.2, 0.25) is 0 Å². The lowest BCUT2D eigenvalue weighted by molar-refractivity contribution is 0.530. The Hall–Kier alpha value is -0.110. The third kappa shape index (κ3) is 1150. The average molecular weight is 79.1 g/mol. The van der Waals surface area contributed by atoms with E-state index in [4.69, 9.17) is 4.48 Å². The van der Waals surface area contributed by atoms with Crippen LogP contribution in [0.15, 0.2) is 0 Å². The molecule has 5 heavy (non-hydrogen) atoms. The lowest BCUT2D eigenvalue weighted by Crippen LogP contribution is -1.53. The van der Waals surface area contributed by atoms with Gasteiger partial charge in [0.05, 0.1) is 0 Å². The zero-order valence-corrected chi connectivity index (χ0v) is 3.66. The maximum absolute atomic E-state index is 9.00. The highest BCUT2D eigenvalue weighted by molar-refractivity contribution is 3.92. The van der Waals surface area contributed by atoms with Gasteiger partial charge in [0.1, 0.15) is 0 Å². The van der Waals surface area contributed by atoms with Crippen molar-refractivity contribution in [3.05, 3.63) is 0 Å². The van der Waals surface area contributed by atoms with E-state index >= 15 is 0 Å². The van der Waals surface area contributed by atoms with Gasteiger partial charge in [-0.15, -0.1) is 4.48 Å². The topological polar surface area (TPSA) is 26.0 Å². The fraction of sp³-hybridized carbons (Fsp3) is 1.00. The molecule has 0 aliphatic carbocycles. The van der Waals surface area contributed by atoms with Crippen LogP contribution in [0.4, 0.5) is 4.48 Å². The molecule has 0 aromatic carbocycles. The van der Waals surface area contributed by atoms with E-state index in [1.54, 1.807) is 0 Å². The number of hydrogen-bond donors (Lipinski definition) is 1. The Bertz CT molecular complexity index is 6.85. The zero-order valence-electron chi connectivity index (χ0n) is 3.66. The SMILES string of the molecule is CCC.NF. The van der Waals surface area contributed by atoms with Crippen molar-refractivity contribution in [2.75, 3.05) is 0 Å². The lowest BCUT2D eigenvalue weighted by Gasteiger charge is -1.48. The van der Waals surface area contributed by atoms with Gasteiger partial charge in [0, 0.05) is 0 Å². The molecule has 0 aromatic heterocycles. The summed E-state index contributed by atoms with van der Waals surface area (Å²) in [5.41, 5.74) is 0. The van der Waals surface area contributed by atoms with Gasteiger partial charge in [-0.1, -0.05) is 20.3 Å². The summed E-state index contributed by atoms with van der Waals surface area (Å²) in [5.74, 6) is 3.00. The molecule has 0 saturated heterocycles. The highest BCUT2D eigenvalue weighted by atomic mass is 19.2. The Balaban J connectivity index is 0. The maximum atomic E-state index is 9.00. The van der Waals surface area contributed by atoms with Crippen molar-refractivity contribution < 1.29 is 4.48 Å². The summed E-state index contributed by atoms with van der Waals surface area (Å²) in [5, 5.41) is 0. The fourth-order valence-electron chi connectivity index (χ4n) is 0. The van der Waals surface area contributed by atoms with Crippen LogP contribution in [0.3, 0.4) is 0 Å². The van der Waals surface area contributed by atoms with Gasteiger partial charge in [0.25, 0.3) is 0 Å². The van der Waals surface area contributed by atoms with Crippen LogP contribution in [0, 0.1) is 0 Å². The molecule has 0 aliphatic heterocycles. The largest absolute Gasteiger partial charge is 0.172 e. The normalized spacial score (nSPS) is 4.80. The second kappa shape index (κ2) is 41.0. The van der Waals surface area contributed by atoms with Gasteiger partial charge in [-0.3, -0.25) is 0 Å². The smallest absolute Gasteiger partial charge is 0.0590 e. The molecular formula is C3H10FN. The molecule has 0 unspecified atom stereocenters. The fourth-order valence-corrected chi connectivity index (χ4v) is 0. The Labute approximate surface area is 31.9 Å². The molecule has 1 nitrogen and oxygen atoms in total. The summed E-state index contributed by atoms with van der Waals surface area (Å²) >= 11 is 0. The molecule has 0 spiro atoms. The number of nitrogens with two attached hydrogens (primary N) is 1. The number of hydrogen-bond acceptors (Lipinski definition) is 1. The van der Waals surface area contributed by atoms with Crippen LogP contribution in [-0.2, 0) is 0 Å². The van der Waals surface area contributed by atoms with Gasteiger partial charge in [-0.25, -0.2) is 0 Å². The minimum atomic E-state index is 1.25. The Morgan fingerprint density at radius 1 is 1.40 bits per heavy atom. The average Bonchev–Trinajstić information content (AvgIpc) is 1.46. The van der Waals surface area contributed by atoms with Gasteiger partial charge in [-0.05, 0) is 0 Å². The van der Waals surface area contributed by atoms with Gasteiger partial charge in [0.15, 0.2) is 0 Å². The van der Waals surface area contributed by atoms with Crippen molar-refractivity contribution >= 4 is 0 Å². The van der Waals surface area contributed by atoms with E-state index in [-0.39, 0.29) is 0 Å². The maximum Gasteiger partial charge on any atom is -0.0590 e. The highest BCUT2D eigenvalue weighted by Crippen LogP contribution is 1.56. The van der Waals surface area contributed by atoms with Crippen molar-refractivity contribution in [3.8, 4) is 0 Å². The molecule has 2 N–H and O–H groups in total. The molecule has 0 heterocycles. The van der Waals surface area contributed by atoms with Crippen LogP contribution >= 0.6 is 0 Å². The summed E-state index contributed by atoms with van der Waals surface area (Å²) in [6.45, 7) is 4.25. The minimum Gasteiger partial charge on any atom is -0.172 e. The first-order chi connectivity index (χ1) is 2.41. The van der Waals surface area contributed by atoms with Crippen LogP contribution in [0.1, 0.15) is 20.3 Å². The van der Waals surface area contributed by atoms with Crippen LogP contribution < -0.4 is 5.96 Å². The summed E-state index contributed by atoms with van der Waals surface area (Å²) in [4.78, 5) is 0. The molecule has 0 fully saturated rings. The first-order valence-electron chi connectivity index (χ1n) is 1.63. The van der Waals surface area contributed by atoms with Crippen molar-refractivity contribution in [2.45, 2.75) is 20.3 Å². The molecule has 0 rings (SSSR count). The van der Waals surface area contributed by atoms with E-state index in [0.717, 1.165) is 0 Å². The molecule has 2 heteroatoms. The van der Waals surface area contributed by atoms with E-state index in [1.165, 1.54) is 6.42 Å². The summed E-state index contributed by atoms with van der Waals surface area (Å²) < 4.78 is 9.00. The van der Waals surface area contributed by atoms with E-state index in [2.05, 4.69) is 19.8 Å². The minimum absolute atomic E-state index is 1.25. The third-order valence-electron chi connectivity index (χ3n) is 0. The third-order valence-corrected chi connectivity index (χ3v) is 0. The Kier molecular flexibility index (Phi) is 72.7. The van der Waals surface area contributed by atoms with Gasteiger partial charge in [-0.2, -0.15) is 5.96 Å². The molecule has 34 valence electrons. The summed E-state index contributed by atoms with van der Waals surface area (Å²) in [6.07, 6.45) is 1.25. The van der Waals surface area contributed by atoms with Crippen LogP contribution in [0.25, 0.3) is 0 Å². The van der Waals surface area contributed by atoms with Crippen LogP contribution in [-0.4, -0.2) is 0 Å². The lowest BCUT2D eigenvalue weighted by atomic mass is 10.6. The second-order valence-electron chi connectivity index (χ2n) is 0.707. The van der Waals surface area contributed by atoms with Crippen molar-refractivity contribution in [1.29, 1.82) is 0 Å². The molecule has 0 bridgehead atoms. The molecular weight excluding hydrogens is 69.0 g/mol. The summed E-state index contributed by atoms with van der Waals surface area (Å²) in [6, 6.07) is 0. The van der Waals surface area contributed by atoms with E-state index in [1.807, 2.05) is 0 Å². The van der Waals surface area contributed by atoms with E-state index in [9.17, 15) is 0 Å². The molecule has 0 saturated carbocycles. The monoisotopic (exact) mass is 79.1 g/mol. The van der Waals surface area contributed by atoms with E-state index < -0.39 is 0 Å². The molecule has 0 radical (unpaired) electrons. The predicted molar refractivity (Wildman–Crippen MR) is 21.3 cm³/mol. The number of halogens is 1. The Morgan fingerprint density at radius 2 is 1.40 bits per heavy atom. The highest BCUT2D eigenvalue weighted by Gasteiger charge is 1.35. The Morgan fingerprint density at radius 3 is 1.40 bits per heavy atom. The predicted octanol–water partition coefficient (Wildman–Crippen LogP) is 1.25. The van der Waals surface area contributed by atoms with Crippen molar-refractivity contribution in [2.24, 2.45) is 5.96 Å². The first-order valence-corrected chi connectivity index (χ1v) is 1.63. The second-order valence-corrected chi connectivity index (χ2v) is 0.707. The van der Waals surface area contributed by atoms with Crippen molar-refractivity contribution in [1.82, 2.24) is 0 Å². The van der Waals surface area contributed by atoms with E-state index in [0.29, 0.717) is 0 Å². The molecule has 0 aromatic rings. The standard InChI is InChI=1S/C3H8.FH2N/c1-3-2;1-2/h3H2,1-2H3;2H2. The van der Waals surface area contributed by atoms with Crippen molar-refractivity contribution in [3.63, 3.8) is 0 Å². The quantitative estimate of drug-likeness (QED) is 0.434. The van der Waals surface area contributed by atoms with Gasteiger partial charge >= 0.3 is 0 Å². The molecule has 0 aliphatic rings. The summed E-state index contributed by atoms with van der Waals surface area (Å²) in [7, 11) is 0. The van der Waals surface area contributed by atoms with Crippen LogP contribution in [0.5, 0.6) is 0 Å². The number of rotatable bonds is 0. The molecule has 0 atom stereocenters. The van der Waals surface area contributed by atoms with Gasteiger partial charge in [0.2, 0.25) is 0 Å². The first kappa shape index (κ1) is 8.86. The van der Waals surface area contributed by atoms with Gasteiger partial charge < -0.3 is 0 Å². The zero-order chi connectivity index (χ0) is 4.71. The molecule has 0 amide bonds.